The van der Waals surface area contributed by atoms with Gasteiger partial charge >= 0.3 is 0 Å². The molecule has 1 heterocycles. The third-order valence-electron chi connectivity index (χ3n) is 1.88. The van der Waals surface area contributed by atoms with Crippen LogP contribution in [-0.4, -0.2) is 34.5 Å². The summed E-state index contributed by atoms with van der Waals surface area (Å²) in [5, 5.41) is 13.7. The van der Waals surface area contributed by atoms with Crippen molar-refractivity contribution >= 4 is 5.91 Å². The molecule has 0 aliphatic heterocycles. The van der Waals surface area contributed by atoms with E-state index in [0.29, 0.717) is 6.54 Å². The first-order chi connectivity index (χ1) is 8.22. The molecule has 0 atom stereocenters. The summed E-state index contributed by atoms with van der Waals surface area (Å²) in [7, 11) is 1.87. The van der Waals surface area contributed by atoms with Crippen molar-refractivity contribution < 1.29 is 4.79 Å². The number of hydrogen-bond donors (Lipinski definition) is 2. The van der Waals surface area contributed by atoms with Gasteiger partial charge in [0.05, 0.1) is 5.69 Å². The van der Waals surface area contributed by atoms with E-state index < -0.39 is 0 Å². The second-order valence-corrected chi connectivity index (χ2v) is 3.34. The van der Waals surface area contributed by atoms with Crippen LogP contribution in [0, 0.1) is 0 Å². The van der Waals surface area contributed by atoms with Crippen molar-refractivity contribution in [3.05, 3.63) is 11.9 Å². The summed E-state index contributed by atoms with van der Waals surface area (Å²) in [5.41, 5.74) is 0.928. The minimum absolute atomic E-state index is 0.00413. The molecule has 0 fully saturated rings. The smallest absolute Gasteiger partial charge is 0.216 e. The van der Waals surface area contributed by atoms with E-state index in [0.717, 1.165) is 25.2 Å². The van der Waals surface area contributed by atoms with Crippen LogP contribution >= 0.6 is 0 Å². The summed E-state index contributed by atoms with van der Waals surface area (Å²) in [4.78, 5) is 10.6. The molecule has 0 saturated carbocycles. The number of nitrogens with zero attached hydrogens (tertiary/aromatic N) is 3. The van der Waals surface area contributed by atoms with Crippen molar-refractivity contribution in [2.24, 2.45) is 0 Å². The third kappa shape index (κ3) is 7.46. The summed E-state index contributed by atoms with van der Waals surface area (Å²) in [6, 6.07) is 0. The molecule has 0 aliphatic rings. The molecule has 17 heavy (non-hydrogen) atoms. The average Bonchev–Trinajstić information content (AvgIpc) is 2.75. The van der Waals surface area contributed by atoms with Crippen molar-refractivity contribution in [1.82, 2.24) is 25.6 Å². The third-order valence-corrected chi connectivity index (χ3v) is 1.88. The maximum atomic E-state index is 10.6. The van der Waals surface area contributed by atoms with E-state index >= 15 is 0 Å². The SMILES string of the molecule is CC.CNCc1cn(CCCNC(C)=O)nn1. The minimum Gasteiger partial charge on any atom is -0.356 e. The summed E-state index contributed by atoms with van der Waals surface area (Å²) >= 11 is 0. The van der Waals surface area contributed by atoms with Gasteiger partial charge in [-0.3, -0.25) is 9.48 Å². The van der Waals surface area contributed by atoms with Gasteiger partial charge in [-0.25, -0.2) is 0 Å². The first kappa shape index (κ1) is 15.6. The lowest BCUT2D eigenvalue weighted by molar-refractivity contribution is -0.118. The Balaban J connectivity index is 0.00000121. The molecule has 98 valence electrons. The Morgan fingerprint density at radius 3 is 2.76 bits per heavy atom. The Hall–Kier alpha value is -1.43. The molecule has 6 heteroatoms. The fourth-order valence-corrected chi connectivity index (χ4v) is 1.22. The van der Waals surface area contributed by atoms with E-state index in [2.05, 4.69) is 20.9 Å². The highest BCUT2D eigenvalue weighted by Gasteiger charge is 1.99. The van der Waals surface area contributed by atoms with E-state index in [9.17, 15) is 4.79 Å². The molecule has 2 N–H and O–H groups in total. The lowest BCUT2D eigenvalue weighted by atomic mass is 10.4. The van der Waals surface area contributed by atoms with Crippen LogP contribution in [0.15, 0.2) is 6.20 Å². The number of amides is 1. The fourth-order valence-electron chi connectivity index (χ4n) is 1.22. The van der Waals surface area contributed by atoms with Gasteiger partial charge in [0.25, 0.3) is 0 Å². The van der Waals surface area contributed by atoms with Crippen molar-refractivity contribution in [2.45, 2.75) is 40.3 Å². The van der Waals surface area contributed by atoms with Crippen molar-refractivity contribution in [3.63, 3.8) is 0 Å². The summed E-state index contributed by atoms with van der Waals surface area (Å²) in [6.45, 7) is 7.69. The molecule has 0 radical (unpaired) electrons. The van der Waals surface area contributed by atoms with E-state index in [4.69, 9.17) is 0 Å². The zero-order valence-electron chi connectivity index (χ0n) is 11.2. The zero-order chi connectivity index (χ0) is 13.1. The number of aromatic nitrogens is 3. The summed E-state index contributed by atoms with van der Waals surface area (Å²) < 4.78 is 1.79. The van der Waals surface area contributed by atoms with Gasteiger partial charge in [0.15, 0.2) is 0 Å². The van der Waals surface area contributed by atoms with Crippen molar-refractivity contribution in [2.75, 3.05) is 13.6 Å². The highest BCUT2D eigenvalue weighted by Crippen LogP contribution is 1.93. The van der Waals surface area contributed by atoms with Gasteiger partial charge in [0.1, 0.15) is 0 Å². The van der Waals surface area contributed by atoms with E-state index in [1.807, 2.05) is 27.1 Å². The number of carbonyl (C=O) groups is 1. The molecule has 6 nitrogen and oxygen atoms in total. The number of nitrogens with one attached hydrogen (secondary N) is 2. The Morgan fingerprint density at radius 2 is 2.18 bits per heavy atom. The van der Waals surface area contributed by atoms with E-state index in [1.54, 1.807) is 4.68 Å². The van der Waals surface area contributed by atoms with Gasteiger partial charge in [-0.2, -0.15) is 0 Å². The standard InChI is InChI=1S/C9H17N5O.C2H6/c1-8(15)11-4-3-5-14-7-9(6-10-2)12-13-14;1-2/h7,10H,3-6H2,1-2H3,(H,11,15);1-2H3. The van der Waals surface area contributed by atoms with Gasteiger partial charge in [-0.1, -0.05) is 19.1 Å². The Labute approximate surface area is 103 Å². The monoisotopic (exact) mass is 241 g/mol. The van der Waals surface area contributed by atoms with Gasteiger partial charge < -0.3 is 10.6 Å². The quantitative estimate of drug-likeness (QED) is 0.713. The van der Waals surface area contributed by atoms with Gasteiger partial charge in [0, 0.05) is 32.8 Å². The topological polar surface area (TPSA) is 71.8 Å². The number of rotatable bonds is 6. The predicted molar refractivity (Wildman–Crippen MR) is 67.4 cm³/mol. The van der Waals surface area contributed by atoms with Gasteiger partial charge in [-0.05, 0) is 13.5 Å². The number of hydrogen-bond acceptors (Lipinski definition) is 4. The normalized spacial score (nSPS) is 9.41. The van der Waals surface area contributed by atoms with E-state index in [1.165, 1.54) is 6.92 Å². The predicted octanol–water partition coefficient (Wildman–Crippen LogP) is 0.550. The largest absolute Gasteiger partial charge is 0.356 e. The maximum Gasteiger partial charge on any atom is 0.216 e. The second-order valence-electron chi connectivity index (χ2n) is 3.34. The van der Waals surface area contributed by atoms with Crippen LogP contribution in [0.1, 0.15) is 32.9 Å². The molecule has 0 saturated heterocycles. The van der Waals surface area contributed by atoms with Gasteiger partial charge in [-0.15, -0.1) is 5.10 Å². The van der Waals surface area contributed by atoms with E-state index in [-0.39, 0.29) is 5.91 Å². The number of aryl methyl sites for hydroxylation is 1. The molecular weight excluding hydrogens is 218 g/mol. The molecule has 0 aliphatic carbocycles. The first-order valence-corrected chi connectivity index (χ1v) is 6.00. The van der Waals surface area contributed by atoms with Crippen LogP contribution in [0.4, 0.5) is 0 Å². The molecule has 1 aromatic heterocycles. The molecule has 1 rings (SSSR count). The molecule has 0 aromatic carbocycles. The molecule has 1 aromatic rings. The highest BCUT2D eigenvalue weighted by molar-refractivity contribution is 5.72. The summed E-state index contributed by atoms with van der Waals surface area (Å²) in [6.07, 6.45) is 2.77. The molecule has 0 bridgehead atoms. The minimum atomic E-state index is 0.00413. The molecule has 0 spiro atoms. The Morgan fingerprint density at radius 1 is 1.47 bits per heavy atom. The summed E-state index contributed by atoms with van der Waals surface area (Å²) in [5.74, 6) is 0.00413. The fraction of sp³-hybridized carbons (Fsp3) is 0.727. The maximum absolute atomic E-state index is 10.6. The Bertz CT molecular complexity index is 311. The molecule has 0 unspecified atom stereocenters. The van der Waals surface area contributed by atoms with Crippen LogP contribution < -0.4 is 10.6 Å². The lowest BCUT2D eigenvalue weighted by Crippen LogP contribution is -2.22. The first-order valence-electron chi connectivity index (χ1n) is 6.00. The molecular formula is C11H23N5O. The molecule has 1 amide bonds. The van der Waals surface area contributed by atoms with Gasteiger partial charge in [0.2, 0.25) is 5.91 Å². The second kappa shape index (κ2) is 9.77. The van der Waals surface area contributed by atoms with Crippen LogP contribution in [0.5, 0.6) is 0 Å². The van der Waals surface area contributed by atoms with Crippen LogP contribution in [0.3, 0.4) is 0 Å². The zero-order valence-corrected chi connectivity index (χ0v) is 11.2. The van der Waals surface area contributed by atoms with Crippen LogP contribution in [0.2, 0.25) is 0 Å². The van der Waals surface area contributed by atoms with Crippen LogP contribution in [0.25, 0.3) is 0 Å². The lowest BCUT2D eigenvalue weighted by Gasteiger charge is -2.01. The van der Waals surface area contributed by atoms with Crippen LogP contribution in [-0.2, 0) is 17.9 Å². The highest BCUT2D eigenvalue weighted by atomic mass is 16.1. The number of carbonyl (C=O) groups excluding carboxylic acids is 1. The van der Waals surface area contributed by atoms with Crippen molar-refractivity contribution in [3.8, 4) is 0 Å². The van der Waals surface area contributed by atoms with Crippen molar-refractivity contribution in [1.29, 1.82) is 0 Å². The Kier molecular flexibility index (Phi) is 8.95. The average molecular weight is 241 g/mol.